The van der Waals surface area contributed by atoms with Crippen molar-refractivity contribution in [3.05, 3.63) is 89.5 Å². The van der Waals surface area contributed by atoms with E-state index in [1.165, 1.54) is 21.9 Å². The van der Waals surface area contributed by atoms with Gasteiger partial charge in [0.05, 0.1) is 17.3 Å². The second kappa shape index (κ2) is 7.79. The number of nitrogens with zero attached hydrogens (tertiary/aromatic N) is 2. The van der Waals surface area contributed by atoms with Crippen molar-refractivity contribution in [2.24, 2.45) is 5.92 Å². The summed E-state index contributed by atoms with van der Waals surface area (Å²) in [7, 11) is 2.12. The summed E-state index contributed by atoms with van der Waals surface area (Å²) in [6.07, 6.45) is 5.73. The minimum atomic E-state index is 0.153. The Labute approximate surface area is 189 Å². The summed E-state index contributed by atoms with van der Waals surface area (Å²) in [6.45, 7) is 3.45. The second-order valence-electron chi connectivity index (χ2n) is 9.45. The maximum Gasteiger partial charge on any atom is 0.256 e. The minimum Gasteiger partial charge on any atom is -0.377 e. The molecular weight excluding hydrogens is 394 g/mol. The standard InChI is InChI=1S/C28H29N3O/c1-30-14-16-31(17-15-30)28(32)25-11-5-10-24-22-8-4-9-23(22)26(29-27(24)25)21-13-12-19-6-2-3-7-20(19)18-21/h2-8,10-13,18,22-23,26,29H,9,14-17H2,1H3. The summed E-state index contributed by atoms with van der Waals surface area (Å²) in [5.41, 5.74) is 4.41. The molecule has 1 amide bonds. The van der Waals surface area contributed by atoms with E-state index in [1.54, 1.807) is 0 Å². The van der Waals surface area contributed by atoms with E-state index >= 15 is 0 Å². The third kappa shape index (κ3) is 3.21. The highest BCUT2D eigenvalue weighted by Crippen LogP contribution is 2.51. The van der Waals surface area contributed by atoms with Gasteiger partial charge in [0, 0.05) is 32.1 Å². The van der Waals surface area contributed by atoms with Gasteiger partial charge in [0.25, 0.3) is 5.91 Å². The van der Waals surface area contributed by atoms with E-state index < -0.39 is 0 Å². The number of benzene rings is 3. The molecule has 0 saturated carbocycles. The number of hydrogen-bond acceptors (Lipinski definition) is 3. The monoisotopic (exact) mass is 423 g/mol. The van der Waals surface area contributed by atoms with Crippen molar-refractivity contribution in [1.29, 1.82) is 0 Å². The van der Waals surface area contributed by atoms with Gasteiger partial charge in [-0.2, -0.15) is 0 Å². The van der Waals surface area contributed by atoms with Crippen LogP contribution >= 0.6 is 0 Å². The lowest BCUT2D eigenvalue weighted by molar-refractivity contribution is 0.0664. The van der Waals surface area contributed by atoms with E-state index in [1.807, 2.05) is 11.0 Å². The van der Waals surface area contributed by atoms with E-state index in [-0.39, 0.29) is 11.9 Å². The van der Waals surface area contributed by atoms with Gasteiger partial charge in [0.2, 0.25) is 0 Å². The van der Waals surface area contributed by atoms with Crippen LogP contribution in [-0.4, -0.2) is 48.9 Å². The Morgan fingerprint density at radius 1 is 0.938 bits per heavy atom. The third-order valence-corrected chi connectivity index (χ3v) is 7.55. The number of para-hydroxylation sites is 1. The summed E-state index contributed by atoms with van der Waals surface area (Å²) >= 11 is 0. The van der Waals surface area contributed by atoms with E-state index in [9.17, 15) is 4.79 Å². The van der Waals surface area contributed by atoms with Gasteiger partial charge in [-0.15, -0.1) is 0 Å². The van der Waals surface area contributed by atoms with E-state index in [0.717, 1.165) is 43.9 Å². The molecule has 1 N–H and O–H groups in total. The van der Waals surface area contributed by atoms with E-state index in [0.29, 0.717) is 11.8 Å². The summed E-state index contributed by atoms with van der Waals surface area (Å²) in [5, 5.41) is 6.38. The van der Waals surface area contributed by atoms with Crippen molar-refractivity contribution in [1.82, 2.24) is 9.80 Å². The molecule has 3 atom stereocenters. The first kappa shape index (κ1) is 19.6. The van der Waals surface area contributed by atoms with Crippen molar-refractivity contribution in [3.8, 4) is 0 Å². The molecule has 4 heteroatoms. The fourth-order valence-electron chi connectivity index (χ4n) is 5.71. The van der Waals surface area contributed by atoms with Crippen LogP contribution in [0, 0.1) is 5.92 Å². The molecule has 1 saturated heterocycles. The zero-order chi connectivity index (χ0) is 21.7. The van der Waals surface area contributed by atoms with Crippen LogP contribution in [0.1, 0.15) is 39.9 Å². The highest BCUT2D eigenvalue weighted by Gasteiger charge is 2.39. The number of nitrogens with one attached hydrogen (secondary N) is 1. The number of rotatable bonds is 2. The number of carbonyl (C=O) groups is 1. The smallest absolute Gasteiger partial charge is 0.256 e. The van der Waals surface area contributed by atoms with E-state index in [4.69, 9.17) is 0 Å². The van der Waals surface area contributed by atoms with Gasteiger partial charge in [-0.3, -0.25) is 4.79 Å². The normalized spacial score (nSPS) is 24.8. The van der Waals surface area contributed by atoms with Gasteiger partial charge in [0.15, 0.2) is 0 Å². The molecule has 1 aliphatic carbocycles. The topological polar surface area (TPSA) is 35.6 Å². The van der Waals surface area contributed by atoms with Crippen LogP contribution in [0.5, 0.6) is 0 Å². The van der Waals surface area contributed by atoms with Crippen LogP contribution < -0.4 is 5.32 Å². The Bertz CT molecular complexity index is 1210. The molecule has 0 spiro atoms. The quantitative estimate of drug-likeness (QED) is 0.586. The average molecular weight is 424 g/mol. The number of amides is 1. The summed E-state index contributed by atoms with van der Waals surface area (Å²) in [6, 6.07) is 21.8. The number of likely N-dealkylation sites (N-methyl/N-ethyl adjacent to an activating group) is 1. The van der Waals surface area contributed by atoms with Gasteiger partial charge < -0.3 is 15.1 Å². The average Bonchev–Trinajstić information content (AvgIpc) is 3.33. The van der Waals surface area contributed by atoms with Crippen LogP contribution in [0.15, 0.2) is 72.8 Å². The minimum absolute atomic E-state index is 0.153. The van der Waals surface area contributed by atoms with Crippen LogP contribution in [0.2, 0.25) is 0 Å². The van der Waals surface area contributed by atoms with Gasteiger partial charge in [-0.05, 0) is 53.4 Å². The molecule has 0 radical (unpaired) electrons. The lowest BCUT2D eigenvalue weighted by atomic mass is 9.76. The lowest BCUT2D eigenvalue weighted by Gasteiger charge is -2.39. The van der Waals surface area contributed by atoms with Gasteiger partial charge in [-0.1, -0.05) is 60.7 Å². The molecule has 1 fully saturated rings. The van der Waals surface area contributed by atoms with Gasteiger partial charge >= 0.3 is 0 Å². The number of fused-ring (bicyclic) bond motifs is 4. The van der Waals surface area contributed by atoms with Crippen LogP contribution in [0.4, 0.5) is 5.69 Å². The first-order valence-electron chi connectivity index (χ1n) is 11.7. The largest absolute Gasteiger partial charge is 0.377 e. The molecule has 2 heterocycles. The molecule has 6 rings (SSSR count). The third-order valence-electron chi connectivity index (χ3n) is 7.55. The SMILES string of the molecule is CN1CCN(C(=O)c2cccc3c2NC(c2ccc4ccccc4c2)C2CC=CC32)CC1. The molecular formula is C28H29N3O. The Morgan fingerprint density at radius 3 is 2.59 bits per heavy atom. The van der Waals surface area contributed by atoms with Crippen LogP contribution in [0.3, 0.4) is 0 Å². The zero-order valence-electron chi connectivity index (χ0n) is 18.5. The molecule has 3 aliphatic rings. The highest BCUT2D eigenvalue weighted by atomic mass is 16.2. The maximum absolute atomic E-state index is 13.5. The van der Waals surface area contributed by atoms with Crippen molar-refractivity contribution >= 4 is 22.4 Å². The molecule has 0 bridgehead atoms. The zero-order valence-corrected chi connectivity index (χ0v) is 18.5. The number of allylic oxidation sites excluding steroid dienone is 2. The van der Waals surface area contributed by atoms with Gasteiger partial charge in [-0.25, -0.2) is 0 Å². The van der Waals surface area contributed by atoms with Crippen molar-refractivity contribution in [2.45, 2.75) is 18.4 Å². The predicted molar refractivity (Wildman–Crippen MR) is 130 cm³/mol. The molecule has 0 aromatic heterocycles. The number of anilines is 1. The fraction of sp³-hybridized carbons (Fsp3) is 0.321. The highest BCUT2D eigenvalue weighted by molar-refractivity contribution is 6.01. The molecule has 162 valence electrons. The first-order valence-corrected chi connectivity index (χ1v) is 11.7. The predicted octanol–water partition coefficient (Wildman–Crippen LogP) is 5.05. The fourth-order valence-corrected chi connectivity index (χ4v) is 5.71. The van der Waals surface area contributed by atoms with Crippen molar-refractivity contribution in [3.63, 3.8) is 0 Å². The molecule has 2 aliphatic heterocycles. The van der Waals surface area contributed by atoms with Crippen molar-refractivity contribution < 1.29 is 4.79 Å². The number of carbonyl (C=O) groups excluding carboxylic acids is 1. The van der Waals surface area contributed by atoms with E-state index in [2.05, 4.69) is 84.0 Å². The molecule has 32 heavy (non-hydrogen) atoms. The Hall–Kier alpha value is -3.11. The number of hydrogen-bond donors (Lipinski definition) is 1. The molecule has 3 aromatic rings. The number of piperazine rings is 1. The Balaban J connectivity index is 1.40. The van der Waals surface area contributed by atoms with Crippen LogP contribution in [0.25, 0.3) is 10.8 Å². The molecule has 4 nitrogen and oxygen atoms in total. The summed E-state index contributed by atoms with van der Waals surface area (Å²) < 4.78 is 0. The maximum atomic E-state index is 13.5. The summed E-state index contributed by atoms with van der Waals surface area (Å²) in [4.78, 5) is 17.8. The van der Waals surface area contributed by atoms with Gasteiger partial charge in [0.1, 0.15) is 0 Å². The second-order valence-corrected chi connectivity index (χ2v) is 9.45. The first-order chi connectivity index (χ1) is 15.7. The van der Waals surface area contributed by atoms with Crippen molar-refractivity contribution in [2.75, 3.05) is 38.5 Å². The van der Waals surface area contributed by atoms with Crippen LogP contribution in [-0.2, 0) is 0 Å². The molecule has 3 aromatic carbocycles. The molecule has 3 unspecified atom stereocenters. The summed E-state index contributed by atoms with van der Waals surface area (Å²) in [5.74, 6) is 0.973. The lowest BCUT2D eigenvalue weighted by Crippen LogP contribution is -2.47. The Kier molecular flexibility index (Phi) is 4.76. The Morgan fingerprint density at radius 2 is 1.75 bits per heavy atom.